The maximum absolute atomic E-state index is 13.8. The molecule has 4 amide bonds. The average Bonchev–Trinajstić information content (AvgIpc) is 3.05. The molecule has 5 atom stereocenters. The average molecular weight is 668 g/mol. The zero-order chi connectivity index (χ0) is 35.5. The predicted molar refractivity (Wildman–Crippen MR) is 184 cm³/mol. The Morgan fingerprint density at radius 2 is 1.19 bits per heavy atom. The minimum absolute atomic E-state index is 0.00506. The fraction of sp³-hybridized carbons (Fsp3) is 0.514. The van der Waals surface area contributed by atoms with E-state index in [2.05, 4.69) is 21.3 Å². The van der Waals surface area contributed by atoms with Crippen molar-refractivity contribution in [1.29, 1.82) is 0 Å². The third-order valence-electron chi connectivity index (χ3n) is 7.78. The highest BCUT2D eigenvalue weighted by atomic mass is 16.4. The summed E-state index contributed by atoms with van der Waals surface area (Å²) in [5.74, 6) is -3.14. The Bertz CT molecular complexity index is 1290. The third-order valence-corrected chi connectivity index (χ3v) is 7.78. The SMILES string of the molecule is CC(C)C[C@@H](NC(=O)[C@@H](Cc1ccccc1)NC(=O)[C@H](N)Cc1ccccc1)C(=O)N[C@H](CCCCN)C(=O)NCCC[C@H](N)C(=O)O. The van der Waals surface area contributed by atoms with Gasteiger partial charge < -0.3 is 43.6 Å². The fourth-order valence-corrected chi connectivity index (χ4v) is 5.09. The van der Waals surface area contributed by atoms with E-state index < -0.39 is 59.8 Å². The number of aliphatic carboxylic acids is 1. The Labute approximate surface area is 283 Å². The van der Waals surface area contributed by atoms with Crippen molar-refractivity contribution >= 4 is 29.6 Å². The molecule has 0 aromatic heterocycles. The van der Waals surface area contributed by atoms with Gasteiger partial charge >= 0.3 is 5.97 Å². The Kier molecular flexibility index (Phi) is 17.9. The standard InChI is InChI=1S/C35H53N7O6/c1-23(2)20-29(33(45)40-28(17-9-10-18-36)32(44)39-19-11-16-26(37)35(47)48)42-34(46)30(22-25-14-7-4-8-15-25)41-31(43)27(38)21-24-12-5-3-6-13-24/h3-8,12-15,23,26-30H,9-11,16-22,36-38H2,1-2H3,(H,39,44)(H,40,45)(H,41,43)(H,42,46)(H,47,48)/t26-,27+,28+,29+,30+/m0/s1. The number of amides is 4. The van der Waals surface area contributed by atoms with Crippen LogP contribution in [-0.2, 0) is 36.8 Å². The number of carboxylic acid groups (broad SMARTS) is 1. The predicted octanol–water partition coefficient (Wildman–Crippen LogP) is 0.737. The molecule has 2 aromatic carbocycles. The van der Waals surface area contributed by atoms with Crippen LogP contribution in [0, 0.1) is 5.92 Å². The molecule has 0 spiro atoms. The van der Waals surface area contributed by atoms with Gasteiger partial charge in [-0.25, -0.2) is 0 Å². The van der Waals surface area contributed by atoms with Crippen LogP contribution in [0.3, 0.4) is 0 Å². The van der Waals surface area contributed by atoms with Crippen molar-refractivity contribution in [3.05, 3.63) is 71.8 Å². The Morgan fingerprint density at radius 1 is 0.646 bits per heavy atom. The van der Waals surface area contributed by atoms with Crippen molar-refractivity contribution in [2.45, 2.75) is 95.4 Å². The maximum Gasteiger partial charge on any atom is 0.320 e. The van der Waals surface area contributed by atoms with Crippen molar-refractivity contribution in [2.75, 3.05) is 13.1 Å². The number of nitrogens with one attached hydrogen (secondary N) is 4. The zero-order valence-corrected chi connectivity index (χ0v) is 28.0. The van der Waals surface area contributed by atoms with Crippen molar-refractivity contribution in [1.82, 2.24) is 21.3 Å². The first-order valence-corrected chi connectivity index (χ1v) is 16.6. The minimum Gasteiger partial charge on any atom is -0.480 e. The molecule has 2 rings (SSSR count). The van der Waals surface area contributed by atoms with Gasteiger partial charge in [-0.1, -0.05) is 74.5 Å². The summed E-state index contributed by atoms with van der Waals surface area (Å²) in [5.41, 5.74) is 19.1. The van der Waals surface area contributed by atoms with Crippen molar-refractivity contribution in [2.24, 2.45) is 23.1 Å². The van der Waals surface area contributed by atoms with Crippen LogP contribution >= 0.6 is 0 Å². The molecule has 0 heterocycles. The largest absolute Gasteiger partial charge is 0.480 e. The van der Waals surface area contributed by atoms with E-state index >= 15 is 0 Å². The number of hydrogen-bond donors (Lipinski definition) is 8. The van der Waals surface area contributed by atoms with E-state index in [9.17, 15) is 24.0 Å². The number of hydrogen-bond acceptors (Lipinski definition) is 8. The molecule has 0 unspecified atom stereocenters. The van der Waals surface area contributed by atoms with Crippen LogP contribution < -0.4 is 38.5 Å². The number of nitrogens with two attached hydrogens (primary N) is 3. The number of carboxylic acids is 1. The summed E-state index contributed by atoms with van der Waals surface area (Å²) in [6.45, 7) is 4.42. The Balaban J connectivity index is 2.18. The molecule has 0 aliphatic heterocycles. The topological polar surface area (TPSA) is 232 Å². The molecule has 0 bridgehead atoms. The molecule has 0 aliphatic carbocycles. The summed E-state index contributed by atoms with van der Waals surface area (Å²) >= 11 is 0. The van der Waals surface area contributed by atoms with Crippen LogP contribution in [0.5, 0.6) is 0 Å². The monoisotopic (exact) mass is 667 g/mol. The summed E-state index contributed by atoms with van der Waals surface area (Å²) in [7, 11) is 0. The second-order valence-corrected chi connectivity index (χ2v) is 12.5. The number of carbonyl (C=O) groups excluding carboxylic acids is 4. The summed E-state index contributed by atoms with van der Waals surface area (Å²) in [4.78, 5) is 64.7. The van der Waals surface area contributed by atoms with E-state index in [1.807, 2.05) is 74.5 Å². The molecule has 13 nitrogen and oxygen atoms in total. The lowest BCUT2D eigenvalue weighted by molar-refractivity contribution is -0.138. The van der Waals surface area contributed by atoms with E-state index in [0.29, 0.717) is 32.2 Å². The van der Waals surface area contributed by atoms with Crippen molar-refractivity contribution in [3.8, 4) is 0 Å². The van der Waals surface area contributed by atoms with E-state index in [1.54, 1.807) is 0 Å². The van der Waals surface area contributed by atoms with Crippen molar-refractivity contribution in [3.63, 3.8) is 0 Å². The lowest BCUT2D eigenvalue weighted by Gasteiger charge is -2.27. The first kappa shape index (κ1) is 39.8. The normalized spacial score (nSPS) is 14.2. The van der Waals surface area contributed by atoms with E-state index in [4.69, 9.17) is 22.3 Å². The second kappa shape index (κ2) is 21.5. The first-order valence-electron chi connectivity index (χ1n) is 16.6. The van der Waals surface area contributed by atoms with Gasteiger partial charge in [0.1, 0.15) is 24.2 Å². The highest BCUT2D eigenvalue weighted by Crippen LogP contribution is 2.11. The van der Waals surface area contributed by atoms with Gasteiger partial charge in [-0.2, -0.15) is 0 Å². The lowest BCUT2D eigenvalue weighted by Crippen LogP contribution is -2.58. The molecule has 0 radical (unpaired) electrons. The number of unbranched alkanes of at least 4 members (excludes halogenated alkanes) is 1. The molecule has 2 aromatic rings. The molecule has 48 heavy (non-hydrogen) atoms. The van der Waals surface area contributed by atoms with Gasteiger partial charge in [-0.3, -0.25) is 24.0 Å². The summed E-state index contributed by atoms with van der Waals surface area (Å²) in [6, 6.07) is 13.7. The van der Waals surface area contributed by atoms with Crippen LogP contribution in [0.1, 0.15) is 63.5 Å². The van der Waals surface area contributed by atoms with Crippen LogP contribution in [0.4, 0.5) is 0 Å². The molecule has 11 N–H and O–H groups in total. The van der Waals surface area contributed by atoms with Gasteiger partial charge in [0.15, 0.2) is 0 Å². The molecular weight excluding hydrogens is 614 g/mol. The quantitative estimate of drug-likeness (QED) is 0.0826. The van der Waals surface area contributed by atoms with Gasteiger partial charge in [0.05, 0.1) is 6.04 Å². The Morgan fingerprint density at radius 3 is 1.75 bits per heavy atom. The summed E-state index contributed by atoms with van der Waals surface area (Å²) in [6.07, 6.45) is 2.80. The van der Waals surface area contributed by atoms with Gasteiger partial charge in [0.2, 0.25) is 23.6 Å². The summed E-state index contributed by atoms with van der Waals surface area (Å²) in [5, 5.41) is 20.1. The van der Waals surface area contributed by atoms with Gasteiger partial charge in [0, 0.05) is 13.0 Å². The molecular formula is C35H53N7O6. The van der Waals surface area contributed by atoms with Crippen LogP contribution in [0.15, 0.2) is 60.7 Å². The lowest BCUT2D eigenvalue weighted by atomic mass is 9.99. The minimum atomic E-state index is -1.12. The van der Waals surface area contributed by atoms with E-state index in [-0.39, 0.29) is 38.1 Å². The molecule has 264 valence electrons. The van der Waals surface area contributed by atoms with Crippen LogP contribution in [0.25, 0.3) is 0 Å². The first-order chi connectivity index (χ1) is 22.9. The highest BCUT2D eigenvalue weighted by Gasteiger charge is 2.31. The highest BCUT2D eigenvalue weighted by molar-refractivity contribution is 5.95. The molecule has 0 saturated heterocycles. The van der Waals surface area contributed by atoms with Gasteiger partial charge in [-0.05, 0) is 68.5 Å². The number of benzene rings is 2. The van der Waals surface area contributed by atoms with Gasteiger partial charge in [-0.15, -0.1) is 0 Å². The van der Waals surface area contributed by atoms with Crippen LogP contribution in [0.2, 0.25) is 0 Å². The van der Waals surface area contributed by atoms with Crippen molar-refractivity contribution < 1.29 is 29.1 Å². The number of rotatable bonds is 22. The van der Waals surface area contributed by atoms with E-state index in [0.717, 1.165) is 11.1 Å². The molecule has 0 aliphatic rings. The smallest absolute Gasteiger partial charge is 0.320 e. The third kappa shape index (κ3) is 15.1. The Hall–Kier alpha value is -4.33. The molecule has 13 heteroatoms. The second-order valence-electron chi connectivity index (χ2n) is 12.5. The maximum atomic E-state index is 13.8. The van der Waals surface area contributed by atoms with Crippen LogP contribution in [-0.4, -0.2) is 78.0 Å². The molecule has 0 saturated carbocycles. The fourth-order valence-electron chi connectivity index (χ4n) is 5.09. The summed E-state index contributed by atoms with van der Waals surface area (Å²) < 4.78 is 0. The van der Waals surface area contributed by atoms with E-state index in [1.165, 1.54) is 0 Å². The zero-order valence-electron chi connectivity index (χ0n) is 28.0. The number of carbonyl (C=O) groups is 5. The van der Waals surface area contributed by atoms with Gasteiger partial charge in [0.25, 0.3) is 0 Å². The molecule has 0 fully saturated rings.